The molecule has 1 saturated carbocycles. The number of carboxylic acid groups (broad SMARTS) is 2. The van der Waals surface area contributed by atoms with Crippen LogP contribution in [0.2, 0.25) is 0 Å². The standard InChI is InChI=1S/C13H16O5/c1-7-6-13(11(15)16,12(17)18)8-4-2-3-5-9(14)10(7)8/h8H,2-6H2,1H3,(H,15,16)(H,17,18). The van der Waals surface area contributed by atoms with Crippen molar-refractivity contribution in [3.63, 3.8) is 0 Å². The fourth-order valence-corrected chi connectivity index (χ4v) is 3.31. The molecule has 5 nitrogen and oxygen atoms in total. The Morgan fingerprint density at radius 2 is 1.83 bits per heavy atom. The van der Waals surface area contributed by atoms with E-state index < -0.39 is 23.3 Å². The Hall–Kier alpha value is -1.65. The third-order valence-corrected chi connectivity index (χ3v) is 4.16. The molecule has 2 aliphatic rings. The molecule has 0 aliphatic heterocycles. The van der Waals surface area contributed by atoms with Crippen LogP contribution in [-0.4, -0.2) is 27.9 Å². The van der Waals surface area contributed by atoms with E-state index in [4.69, 9.17) is 0 Å². The second-order valence-electron chi connectivity index (χ2n) is 5.17. The normalized spacial score (nSPS) is 26.7. The first-order valence-electron chi connectivity index (χ1n) is 6.11. The van der Waals surface area contributed by atoms with Crippen molar-refractivity contribution < 1.29 is 24.6 Å². The number of aliphatic carboxylic acids is 2. The van der Waals surface area contributed by atoms with Crippen LogP contribution in [0.25, 0.3) is 0 Å². The average molecular weight is 252 g/mol. The molecule has 0 bridgehead atoms. The van der Waals surface area contributed by atoms with Gasteiger partial charge >= 0.3 is 11.9 Å². The number of carbonyl (C=O) groups excluding carboxylic acids is 1. The number of rotatable bonds is 2. The van der Waals surface area contributed by atoms with Crippen molar-refractivity contribution in [3.05, 3.63) is 11.1 Å². The lowest BCUT2D eigenvalue weighted by Crippen LogP contribution is -2.44. The Morgan fingerprint density at radius 1 is 1.22 bits per heavy atom. The van der Waals surface area contributed by atoms with E-state index in [0.29, 0.717) is 36.8 Å². The third kappa shape index (κ3) is 1.57. The quantitative estimate of drug-likeness (QED) is 0.728. The first-order valence-corrected chi connectivity index (χ1v) is 6.11. The average Bonchev–Trinajstić information content (AvgIpc) is 2.44. The molecule has 0 spiro atoms. The maximum absolute atomic E-state index is 12.0. The summed E-state index contributed by atoms with van der Waals surface area (Å²) in [6.07, 6.45) is 2.23. The van der Waals surface area contributed by atoms with Gasteiger partial charge in [-0.2, -0.15) is 0 Å². The number of ketones is 1. The highest BCUT2D eigenvalue weighted by atomic mass is 16.4. The summed E-state index contributed by atoms with van der Waals surface area (Å²) in [7, 11) is 0. The van der Waals surface area contributed by atoms with Gasteiger partial charge in [-0.3, -0.25) is 14.4 Å². The highest BCUT2D eigenvalue weighted by Gasteiger charge is 2.59. The molecular formula is C13H16O5. The third-order valence-electron chi connectivity index (χ3n) is 4.16. The summed E-state index contributed by atoms with van der Waals surface area (Å²) in [5.41, 5.74) is -0.728. The molecule has 0 aromatic rings. The van der Waals surface area contributed by atoms with Gasteiger partial charge in [-0.15, -0.1) is 0 Å². The molecular weight excluding hydrogens is 236 g/mol. The Balaban J connectivity index is 2.54. The molecule has 18 heavy (non-hydrogen) atoms. The molecule has 0 saturated heterocycles. The molecule has 0 amide bonds. The largest absolute Gasteiger partial charge is 0.480 e. The fourth-order valence-electron chi connectivity index (χ4n) is 3.31. The molecule has 1 unspecified atom stereocenters. The van der Waals surface area contributed by atoms with Gasteiger partial charge in [-0.1, -0.05) is 12.0 Å². The van der Waals surface area contributed by atoms with Gasteiger partial charge in [0, 0.05) is 12.3 Å². The lowest BCUT2D eigenvalue weighted by Gasteiger charge is -2.27. The first kappa shape index (κ1) is 12.8. The van der Waals surface area contributed by atoms with Crippen molar-refractivity contribution in [2.45, 2.75) is 39.0 Å². The number of fused-ring (bicyclic) bond motifs is 1. The monoisotopic (exact) mass is 252 g/mol. The molecule has 98 valence electrons. The number of hydrogen-bond donors (Lipinski definition) is 2. The predicted molar refractivity (Wildman–Crippen MR) is 62.0 cm³/mol. The SMILES string of the molecule is CC1=C2C(=O)CCCCC2C(C(=O)O)(C(=O)O)C1. The minimum absolute atomic E-state index is 0.0522. The van der Waals surface area contributed by atoms with Crippen molar-refractivity contribution in [2.75, 3.05) is 0 Å². The molecule has 1 fully saturated rings. The van der Waals surface area contributed by atoms with E-state index in [-0.39, 0.29) is 12.2 Å². The summed E-state index contributed by atoms with van der Waals surface area (Å²) in [5.74, 6) is -3.39. The lowest BCUT2D eigenvalue weighted by molar-refractivity contribution is -0.167. The molecule has 0 radical (unpaired) electrons. The second kappa shape index (κ2) is 4.23. The molecule has 2 aliphatic carbocycles. The van der Waals surface area contributed by atoms with Gasteiger partial charge in [-0.25, -0.2) is 0 Å². The second-order valence-corrected chi connectivity index (χ2v) is 5.17. The van der Waals surface area contributed by atoms with Crippen molar-refractivity contribution in [1.82, 2.24) is 0 Å². The summed E-state index contributed by atoms with van der Waals surface area (Å²) in [6.45, 7) is 1.68. The molecule has 2 N–H and O–H groups in total. The molecule has 5 heteroatoms. The van der Waals surface area contributed by atoms with Crippen LogP contribution < -0.4 is 0 Å². The van der Waals surface area contributed by atoms with Crippen LogP contribution >= 0.6 is 0 Å². The van der Waals surface area contributed by atoms with Crippen molar-refractivity contribution in [2.24, 2.45) is 11.3 Å². The predicted octanol–water partition coefficient (Wildman–Crippen LogP) is 1.62. The molecule has 2 rings (SSSR count). The summed E-state index contributed by atoms with van der Waals surface area (Å²) in [6, 6.07) is 0. The van der Waals surface area contributed by atoms with Gasteiger partial charge in [0.05, 0.1) is 0 Å². The van der Waals surface area contributed by atoms with Crippen LogP contribution in [-0.2, 0) is 14.4 Å². The van der Waals surface area contributed by atoms with Gasteiger partial charge < -0.3 is 10.2 Å². The topological polar surface area (TPSA) is 91.7 Å². The van der Waals surface area contributed by atoms with E-state index in [0.717, 1.165) is 0 Å². The van der Waals surface area contributed by atoms with Crippen molar-refractivity contribution in [3.8, 4) is 0 Å². The number of allylic oxidation sites excluding steroid dienone is 2. The van der Waals surface area contributed by atoms with Crippen LogP contribution in [0.4, 0.5) is 0 Å². The summed E-state index contributed by atoms with van der Waals surface area (Å²) < 4.78 is 0. The van der Waals surface area contributed by atoms with E-state index in [1.807, 2.05) is 0 Å². The highest BCUT2D eigenvalue weighted by molar-refractivity contribution is 6.06. The van der Waals surface area contributed by atoms with Gasteiger partial charge in [0.15, 0.2) is 11.2 Å². The maximum atomic E-state index is 12.0. The maximum Gasteiger partial charge on any atom is 0.322 e. The Labute approximate surface area is 104 Å². The number of carbonyl (C=O) groups is 3. The first-order chi connectivity index (χ1) is 8.41. The molecule has 0 heterocycles. The Morgan fingerprint density at radius 3 is 2.39 bits per heavy atom. The van der Waals surface area contributed by atoms with Crippen LogP contribution in [0.15, 0.2) is 11.1 Å². The Kier molecular flexibility index (Phi) is 3.00. The highest BCUT2D eigenvalue weighted by Crippen LogP contribution is 2.51. The lowest BCUT2D eigenvalue weighted by atomic mass is 9.73. The summed E-state index contributed by atoms with van der Waals surface area (Å²) in [5, 5.41) is 18.7. The number of Topliss-reactive ketones (excluding diaryl/α,β-unsaturated/α-hetero) is 1. The smallest absolute Gasteiger partial charge is 0.322 e. The number of carboxylic acids is 2. The zero-order valence-electron chi connectivity index (χ0n) is 10.2. The minimum Gasteiger partial charge on any atom is -0.480 e. The van der Waals surface area contributed by atoms with Crippen molar-refractivity contribution in [1.29, 1.82) is 0 Å². The van der Waals surface area contributed by atoms with Gasteiger partial charge in [0.2, 0.25) is 0 Å². The van der Waals surface area contributed by atoms with Crippen LogP contribution in [0.1, 0.15) is 39.0 Å². The van der Waals surface area contributed by atoms with Gasteiger partial charge in [-0.05, 0) is 31.8 Å². The fraction of sp³-hybridized carbons (Fsp3) is 0.615. The van der Waals surface area contributed by atoms with Gasteiger partial charge in [0.1, 0.15) is 0 Å². The molecule has 0 aromatic heterocycles. The van der Waals surface area contributed by atoms with Crippen LogP contribution in [0, 0.1) is 11.3 Å². The van der Waals surface area contributed by atoms with E-state index >= 15 is 0 Å². The van der Waals surface area contributed by atoms with E-state index in [1.54, 1.807) is 6.92 Å². The summed E-state index contributed by atoms with van der Waals surface area (Å²) in [4.78, 5) is 34.9. The Bertz CT molecular complexity index is 446. The van der Waals surface area contributed by atoms with E-state index in [1.165, 1.54) is 0 Å². The number of hydrogen-bond acceptors (Lipinski definition) is 3. The van der Waals surface area contributed by atoms with Gasteiger partial charge in [0.25, 0.3) is 0 Å². The van der Waals surface area contributed by atoms with Crippen molar-refractivity contribution >= 4 is 17.7 Å². The van der Waals surface area contributed by atoms with E-state index in [9.17, 15) is 24.6 Å². The summed E-state index contributed by atoms with van der Waals surface area (Å²) >= 11 is 0. The van der Waals surface area contributed by atoms with Crippen LogP contribution in [0.3, 0.4) is 0 Å². The van der Waals surface area contributed by atoms with E-state index in [2.05, 4.69) is 0 Å². The molecule has 1 atom stereocenters. The van der Waals surface area contributed by atoms with Crippen LogP contribution in [0.5, 0.6) is 0 Å². The molecule has 0 aromatic carbocycles. The zero-order chi connectivity index (χ0) is 13.5. The zero-order valence-corrected chi connectivity index (χ0v) is 10.2. The minimum atomic E-state index is -1.83.